The van der Waals surface area contributed by atoms with Crippen LogP contribution in [0.1, 0.15) is 43.7 Å². The molecule has 2 aliphatic rings. The smallest absolute Gasteiger partial charge is 0.000187 e. The van der Waals surface area contributed by atoms with E-state index in [0.29, 0.717) is 5.92 Å². The van der Waals surface area contributed by atoms with Crippen molar-refractivity contribution in [2.24, 2.45) is 0 Å². The zero-order valence-corrected chi connectivity index (χ0v) is 11.7. The molecule has 0 saturated carbocycles. The van der Waals surface area contributed by atoms with E-state index in [4.69, 9.17) is 0 Å². The van der Waals surface area contributed by atoms with Crippen molar-refractivity contribution in [2.75, 3.05) is 0 Å². The maximum absolute atomic E-state index is 2.35. The van der Waals surface area contributed by atoms with E-state index >= 15 is 0 Å². The molecule has 19 heavy (non-hydrogen) atoms. The quantitative estimate of drug-likeness (QED) is 0.700. The van der Waals surface area contributed by atoms with Crippen LogP contribution in [0.15, 0.2) is 42.5 Å². The third-order valence-electron chi connectivity index (χ3n) is 3.98. The minimum absolute atomic E-state index is 0.494. The molecule has 1 atom stereocenters. The zero-order valence-electron chi connectivity index (χ0n) is 11.7. The van der Waals surface area contributed by atoms with Crippen molar-refractivity contribution in [1.29, 1.82) is 0 Å². The molecule has 0 nitrogen and oxygen atoms in total. The van der Waals surface area contributed by atoms with Crippen LogP contribution in [-0.4, -0.2) is 0 Å². The molecule has 0 heteroatoms. The number of benzene rings is 1. The molecule has 0 amide bonds. The van der Waals surface area contributed by atoms with Crippen LogP contribution in [0.4, 0.5) is 0 Å². The summed E-state index contributed by atoms with van der Waals surface area (Å²) in [5.74, 6) is 0.494. The monoisotopic (exact) mass is 248 g/mol. The van der Waals surface area contributed by atoms with Crippen LogP contribution in [0.25, 0.3) is 17.7 Å². The Labute approximate surface area is 115 Å². The standard InChI is InChI=1S/C19H20/c1-3-4-8-15-9-5-7-14(2)19-17-11-6-10-16(17)12-13-18(15)19/h4-8,10-14H,3,9H2,1-2H3/b8-4-. The van der Waals surface area contributed by atoms with Gasteiger partial charge in [0.05, 0.1) is 0 Å². The number of rotatable bonds is 2. The molecule has 0 N–H and O–H groups in total. The second-order valence-electron chi connectivity index (χ2n) is 5.31. The van der Waals surface area contributed by atoms with Gasteiger partial charge in [-0.05, 0) is 40.0 Å². The Hall–Kier alpha value is -1.82. The van der Waals surface area contributed by atoms with Crippen molar-refractivity contribution < 1.29 is 0 Å². The summed E-state index contributed by atoms with van der Waals surface area (Å²) in [5, 5.41) is 2.79. The Morgan fingerprint density at radius 2 is 2.21 bits per heavy atom. The third-order valence-corrected chi connectivity index (χ3v) is 3.98. The molecule has 0 bridgehead atoms. The van der Waals surface area contributed by atoms with E-state index in [1.807, 2.05) is 0 Å². The van der Waals surface area contributed by atoms with Crippen LogP contribution in [0.3, 0.4) is 0 Å². The Bertz CT molecular complexity index is 696. The molecule has 1 unspecified atom stereocenters. The molecule has 2 aliphatic carbocycles. The lowest BCUT2D eigenvalue weighted by Gasteiger charge is -2.12. The number of hydrogen-bond donors (Lipinski definition) is 0. The fourth-order valence-corrected chi connectivity index (χ4v) is 3.03. The molecule has 0 saturated heterocycles. The average molecular weight is 248 g/mol. The Balaban J connectivity index is 2.34. The zero-order chi connectivity index (χ0) is 13.2. The topological polar surface area (TPSA) is 0 Å². The van der Waals surface area contributed by atoms with Crippen molar-refractivity contribution in [3.63, 3.8) is 0 Å². The lowest BCUT2D eigenvalue weighted by Crippen LogP contribution is -2.20. The Morgan fingerprint density at radius 1 is 1.32 bits per heavy atom. The van der Waals surface area contributed by atoms with Crippen molar-refractivity contribution in [3.8, 4) is 0 Å². The highest BCUT2D eigenvalue weighted by molar-refractivity contribution is 5.72. The van der Waals surface area contributed by atoms with Crippen LogP contribution >= 0.6 is 0 Å². The summed E-state index contributed by atoms with van der Waals surface area (Å²) in [6.07, 6.45) is 18.0. The third kappa shape index (κ3) is 2.12. The van der Waals surface area contributed by atoms with Gasteiger partial charge in [0.25, 0.3) is 0 Å². The van der Waals surface area contributed by atoms with Gasteiger partial charge in [0, 0.05) is 5.92 Å². The van der Waals surface area contributed by atoms with Crippen molar-refractivity contribution in [3.05, 3.63) is 64.1 Å². The summed E-state index contributed by atoms with van der Waals surface area (Å²) in [5.41, 5.74) is 4.35. The molecule has 0 aromatic heterocycles. The van der Waals surface area contributed by atoms with E-state index in [-0.39, 0.29) is 0 Å². The SMILES string of the molecule is CC/C=C\C1=c2ccc3c(c2C(C)C=CC1)C=CC=3. The van der Waals surface area contributed by atoms with Gasteiger partial charge in [-0.25, -0.2) is 0 Å². The van der Waals surface area contributed by atoms with Gasteiger partial charge in [-0.1, -0.05) is 68.5 Å². The van der Waals surface area contributed by atoms with Gasteiger partial charge in [-0.2, -0.15) is 0 Å². The second kappa shape index (κ2) is 5.05. The number of hydrogen-bond acceptors (Lipinski definition) is 0. The van der Waals surface area contributed by atoms with Crippen LogP contribution in [0.5, 0.6) is 0 Å². The fourth-order valence-electron chi connectivity index (χ4n) is 3.03. The molecule has 1 aromatic rings. The second-order valence-corrected chi connectivity index (χ2v) is 5.31. The minimum Gasteiger partial charge on any atom is -0.0845 e. The van der Waals surface area contributed by atoms with E-state index in [1.54, 1.807) is 0 Å². The largest absolute Gasteiger partial charge is 0.0845 e. The number of fused-ring (bicyclic) bond motifs is 3. The summed E-state index contributed by atoms with van der Waals surface area (Å²) >= 11 is 0. The lowest BCUT2D eigenvalue weighted by atomic mass is 9.92. The highest BCUT2D eigenvalue weighted by atomic mass is 14.2. The summed E-state index contributed by atoms with van der Waals surface area (Å²) in [6, 6.07) is 4.56. The van der Waals surface area contributed by atoms with Gasteiger partial charge in [0.15, 0.2) is 0 Å². The first kappa shape index (κ1) is 12.2. The Morgan fingerprint density at radius 3 is 3.05 bits per heavy atom. The molecule has 96 valence electrons. The molecule has 0 aliphatic heterocycles. The first-order valence-electron chi connectivity index (χ1n) is 7.19. The molecule has 1 aromatic carbocycles. The predicted octanol–water partition coefficient (Wildman–Crippen LogP) is 3.67. The minimum atomic E-state index is 0.494. The van der Waals surface area contributed by atoms with Crippen molar-refractivity contribution in [2.45, 2.75) is 32.6 Å². The summed E-state index contributed by atoms with van der Waals surface area (Å²) in [6.45, 7) is 4.49. The van der Waals surface area contributed by atoms with Gasteiger partial charge in [0.1, 0.15) is 0 Å². The lowest BCUT2D eigenvalue weighted by molar-refractivity contribution is 0.952. The van der Waals surface area contributed by atoms with Crippen molar-refractivity contribution in [1.82, 2.24) is 0 Å². The molecular weight excluding hydrogens is 228 g/mol. The van der Waals surface area contributed by atoms with Crippen LogP contribution < -0.4 is 10.4 Å². The van der Waals surface area contributed by atoms with Crippen LogP contribution in [0, 0.1) is 0 Å². The fraction of sp³-hybridized carbons (Fsp3) is 0.263. The summed E-state index contributed by atoms with van der Waals surface area (Å²) in [7, 11) is 0. The van der Waals surface area contributed by atoms with Crippen LogP contribution in [-0.2, 0) is 0 Å². The highest BCUT2D eigenvalue weighted by Gasteiger charge is 2.14. The van der Waals surface area contributed by atoms with Gasteiger partial charge in [0.2, 0.25) is 0 Å². The predicted molar refractivity (Wildman–Crippen MR) is 84.2 cm³/mol. The normalized spacial score (nSPS) is 20.3. The summed E-state index contributed by atoms with van der Waals surface area (Å²) in [4.78, 5) is 0. The van der Waals surface area contributed by atoms with Gasteiger partial charge in [-0.3, -0.25) is 0 Å². The van der Waals surface area contributed by atoms with Gasteiger partial charge in [-0.15, -0.1) is 0 Å². The van der Waals surface area contributed by atoms with E-state index in [2.05, 4.69) is 68.5 Å². The van der Waals surface area contributed by atoms with Gasteiger partial charge < -0.3 is 0 Å². The van der Waals surface area contributed by atoms with E-state index < -0.39 is 0 Å². The first-order chi connectivity index (χ1) is 9.31. The first-order valence-corrected chi connectivity index (χ1v) is 7.19. The average Bonchev–Trinajstić information content (AvgIpc) is 2.83. The highest BCUT2D eigenvalue weighted by Crippen LogP contribution is 2.23. The molecule has 0 heterocycles. The molecule has 3 rings (SSSR count). The van der Waals surface area contributed by atoms with Crippen molar-refractivity contribution >= 4 is 17.7 Å². The molecule has 0 radical (unpaired) electrons. The van der Waals surface area contributed by atoms with E-state index in [9.17, 15) is 0 Å². The maximum atomic E-state index is 2.35. The molecular formula is C19H20. The maximum Gasteiger partial charge on any atom is 0.000187 e. The summed E-state index contributed by atoms with van der Waals surface area (Å²) < 4.78 is 0. The van der Waals surface area contributed by atoms with E-state index in [1.165, 1.54) is 27.1 Å². The molecule has 0 fully saturated rings. The van der Waals surface area contributed by atoms with Crippen LogP contribution in [0.2, 0.25) is 0 Å². The molecule has 0 spiro atoms. The Kier molecular flexibility index (Phi) is 3.25. The van der Waals surface area contributed by atoms with Gasteiger partial charge >= 0.3 is 0 Å². The number of allylic oxidation sites excluding steroid dienone is 5. The van der Waals surface area contributed by atoms with E-state index in [0.717, 1.165) is 12.8 Å².